The van der Waals surface area contributed by atoms with Gasteiger partial charge in [0.05, 0.1) is 52.9 Å². The normalized spacial score (nSPS) is 36.8. The summed E-state index contributed by atoms with van der Waals surface area (Å²) in [6.45, 7) is -6.68. The Morgan fingerprint density at radius 2 is 1.07 bits per heavy atom. The van der Waals surface area contributed by atoms with Gasteiger partial charge in [-0.05, 0) is 0 Å². The molecule has 0 radical (unpaired) electrons. The van der Waals surface area contributed by atoms with Crippen molar-refractivity contribution in [3.05, 3.63) is 0 Å². The van der Waals surface area contributed by atoms with Gasteiger partial charge >= 0.3 is 15.6 Å². The summed E-state index contributed by atoms with van der Waals surface area (Å²) in [5, 5.41) is 108. The van der Waals surface area contributed by atoms with E-state index in [9.17, 15) is 59.8 Å². The van der Waals surface area contributed by atoms with Crippen LogP contribution in [0, 0.1) is 0 Å². The van der Waals surface area contributed by atoms with Crippen molar-refractivity contribution in [1.82, 2.24) is 0 Å². The summed E-state index contributed by atoms with van der Waals surface area (Å²) in [5.41, 5.74) is 0. The van der Waals surface area contributed by atoms with Gasteiger partial charge in [-0.15, -0.1) is 0 Å². The molecule has 25 heteroatoms. The third-order valence-corrected chi connectivity index (χ3v) is 8.25. The van der Waals surface area contributed by atoms with E-state index in [1.165, 1.54) is 0 Å². The lowest BCUT2D eigenvalue weighted by atomic mass is 9.97. The number of phosphoric ester groups is 2. The molecule has 2 aliphatic heterocycles. The number of aliphatic hydroxyl groups excluding tert-OH is 11. The standard InChI is InChI=1S/C21H42O23P2/c22-1-9(25)4-37-21-19(17(31)14(28)12(3-24)42-21)44-20-18(32)16(30)15(29)13(43-20)8-41-46(35,36)40-7-11(27)6-39-45(33,34)38-5-10(26)2-23/h9-32H,1-8H2,(H,33,34)(H,35,36)/t9?,10?,11?,12-,13-,14-,15-,16+,17+,18-,19-,20-,21+/m1/s1. The molecule has 2 fully saturated rings. The molecule has 274 valence electrons. The average molecular weight is 724 g/mol. The molecule has 0 saturated carbocycles. The first-order valence-corrected chi connectivity index (χ1v) is 16.5. The lowest BCUT2D eigenvalue weighted by Gasteiger charge is -2.46. The Balaban J connectivity index is 1.98. The highest BCUT2D eigenvalue weighted by Crippen LogP contribution is 2.45. The van der Waals surface area contributed by atoms with Gasteiger partial charge in [-0.25, -0.2) is 9.13 Å². The Morgan fingerprint density at radius 3 is 1.61 bits per heavy atom. The predicted octanol–water partition coefficient (Wildman–Crippen LogP) is -7.03. The minimum Gasteiger partial charge on any atom is -0.394 e. The highest BCUT2D eigenvalue weighted by molar-refractivity contribution is 7.47. The minimum absolute atomic E-state index is 0.581. The average Bonchev–Trinajstić information content (AvgIpc) is 3.02. The van der Waals surface area contributed by atoms with Crippen LogP contribution in [-0.4, -0.2) is 199 Å². The number of phosphoric acid groups is 2. The smallest absolute Gasteiger partial charge is 0.394 e. The van der Waals surface area contributed by atoms with Crippen LogP contribution in [-0.2, 0) is 46.2 Å². The van der Waals surface area contributed by atoms with Crippen molar-refractivity contribution in [3.63, 3.8) is 0 Å². The van der Waals surface area contributed by atoms with Gasteiger partial charge in [0.2, 0.25) is 0 Å². The molecule has 13 N–H and O–H groups in total. The van der Waals surface area contributed by atoms with Gasteiger partial charge in [0, 0.05) is 0 Å². The van der Waals surface area contributed by atoms with Gasteiger partial charge in [0.15, 0.2) is 12.6 Å². The molecule has 0 aliphatic carbocycles. The lowest BCUT2D eigenvalue weighted by Crippen LogP contribution is -2.64. The van der Waals surface area contributed by atoms with Crippen molar-refractivity contribution in [2.75, 3.05) is 52.9 Å². The zero-order valence-electron chi connectivity index (χ0n) is 24.0. The summed E-state index contributed by atoms with van der Waals surface area (Å²) in [4.78, 5) is 19.4. The molecule has 46 heavy (non-hydrogen) atoms. The monoisotopic (exact) mass is 724 g/mol. The summed E-state index contributed by atoms with van der Waals surface area (Å²) in [6.07, 6.45) is -22.9. The summed E-state index contributed by atoms with van der Waals surface area (Å²) in [5.74, 6) is 0. The number of rotatable bonds is 20. The lowest BCUT2D eigenvalue weighted by molar-refractivity contribution is -0.368. The maximum Gasteiger partial charge on any atom is 0.472 e. The predicted molar refractivity (Wildman–Crippen MR) is 141 cm³/mol. The Bertz CT molecular complexity index is 978. The van der Waals surface area contributed by atoms with Gasteiger partial charge in [0.25, 0.3) is 0 Å². The molecule has 2 aliphatic rings. The Labute approximate surface area is 260 Å². The van der Waals surface area contributed by atoms with Gasteiger partial charge < -0.3 is 84.9 Å². The molecule has 5 unspecified atom stereocenters. The fourth-order valence-corrected chi connectivity index (χ4v) is 5.36. The van der Waals surface area contributed by atoms with E-state index in [0.717, 1.165) is 0 Å². The number of aliphatic hydroxyl groups is 11. The Morgan fingerprint density at radius 1 is 0.587 bits per heavy atom. The summed E-state index contributed by atoms with van der Waals surface area (Å²) in [7, 11) is -9.88. The molecule has 15 atom stereocenters. The second kappa shape index (κ2) is 19.1. The van der Waals surface area contributed by atoms with Crippen molar-refractivity contribution < 1.29 is 112 Å². The number of hydrogen-bond donors (Lipinski definition) is 13. The topological polar surface area (TPSA) is 371 Å². The van der Waals surface area contributed by atoms with Gasteiger partial charge in [-0.1, -0.05) is 0 Å². The third kappa shape index (κ3) is 12.8. The Kier molecular flexibility index (Phi) is 17.4. The van der Waals surface area contributed by atoms with E-state index in [4.69, 9.17) is 38.8 Å². The highest BCUT2D eigenvalue weighted by Gasteiger charge is 2.51. The first-order valence-electron chi connectivity index (χ1n) is 13.5. The maximum atomic E-state index is 12.3. The van der Waals surface area contributed by atoms with Crippen LogP contribution < -0.4 is 0 Å². The molecule has 2 rings (SSSR count). The first-order chi connectivity index (χ1) is 21.4. The number of ether oxygens (including phenoxy) is 4. The minimum atomic E-state index is -5.08. The fraction of sp³-hybridized carbons (Fsp3) is 1.00. The van der Waals surface area contributed by atoms with E-state index in [2.05, 4.69) is 13.6 Å². The second-order valence-electron chi connectivity index (χ2n) is 10.1. The number of hydrogen-bond acceptors (Lipinski definition) is 21. The van der Waals surface area contributed by atoms with Gasteiger partial charge in [0.1, 0.15) is 67.1 Å². The van der Waals surface area contributed by atoms with Crippen LogP contribution in [0.5, 0.6) is 0 Å². The van der Waals surface area contributed by atoms with Crippen LogP contribution >= 0.6 is 15.6 Å². The molecule has 2 heterocycles. The first kappa shape index (κ1) is 41.8. The molecule has 2 saturated heterocycles. The Hall–Kier alpha value is -0.380. The molecule has 23 nitrogen and oxygen atoms in total. The second-order valence-corrected chi connectivity index (χ2v) is 13.0. The van der Waals surface area contributed by atoms with Crippen molar-refractivity contribution in [3.8, 4) is 0 Å². The quantitative estimate of drug-likeness (QED) is 0.0519. The molecule has 0 aromatic carbocycles. The van der Waals surface area contributed by atoms with E-state index in [1.54, 1.807) is 0 Å². The zero-order valence-corrected chi connectivity index (χ0v) is 25.7. The van der Waals surface area contributed by atoms with E-state index < -0.39 is 148 Å². The van der Waals surface area contributed by atoms with Crippen molar-refractivity contribution in [1.29, 1.82) is 0 Å². The SMILES string of the molecule is O=P(O)(OCC(O)CO)OCC(O)COP(=O)(O)OC[C@H]1O[C@H](O[C@H]2[C@@H](OCC(O)CO)O[C@H](CO)[C@@H](O)[C@@H]2O)[C@H](O)[C@@H](O)[C@@H]1O. The zero-order chi connectivity index (χ0) is 34.8. The fourth-order valence-electron chi connectivity index (χ4n) is 3.80. The molecule has 0 aromatic rings. The summed E-state index contributed by atoms with van der Waals surface area (Å²) < 4.78 is 63.5. The van der Waals surface area contributed by atoms with Crippen LogP contribution in [0.2, 0.25) is 0 Å². The van der Waals surface area contributed by atoms with Gasteiger partial charge in [-0.3, -0.25) is 18.1 Å². The van der Waals surface area contributed by atoms with E-state index in [0.29, 0.717) is 0 Å². The highest BCUT2D eigenvalue weighted by atomic mass is 31.2. The molecular weight excluding hydrogens is 682 g/mol. The molecule has 0 amide bonds. The van der Waals surface area contributed by atoms with Crippen LogP contribution in [0.4, 0.5) is 0 Å². The van der Waals surface area contributed by atoms with E-state index in [-0.39, 0.29) is 0 Å². The van der Waals surface area contributed by atoms with Crippen molar-refractivity contribution >= 4 is 15.6 Å². The van der Waals surface area contributed by atoms with Crippen LogP contribution in [0.1, 0.15) is 0 Å². The molecule has 0 bridgehead atoms. The molecule has 0 aromatic heterocycles. The summed E-state index contributed by atoms with van der Waals surface area (Å²) in [6, 6.07) is 0. The van der Waals surface area contributed by atoms with E-state index in [1.807, 2.05) is 0 Å². The van der Waals surface area contributed by atoms with E-state index >= 15 is 0 Å². The van der Waals surface area contributed by atoms with Crippen LogP contribution in [0.25, 0.3) is 0 Å². The largest absolute Gasteiger partial charge is 0.472 e. The van der Waals surface area contributed by atoms with Crippen LogP contribution in [0.3, 0.4) is 0 Å². The third-order valence-electron chi connectivity index (χ3n) is 6.35. The maximum absolute atomic E-state index is 12.3. The molecule has 0 spiro atoms. The summed E-state index contributed by atoms with van der Waals surface area (Å²) >= 11 is 0. The van der Waals surface area contributed by atoms with Crippen molar-refractivity contribution in [2.45, 2.75) is 79.7 Å². The van der Waals surface area contributed by atoms with Gasteiger partial charge in [-0.2, -0.15) is 0 Å². The molecular formula is C21H42O23P2. The van der Waals surface area contributed by atoms with Crippen molar-refractivity contribution in [2.24, 2.45) is 0 Å². The van der Waals surface area contributed by atoms with Crippen LogP contribution in [0.15, 0.2) is 0 Å².